The summed E-state index contributed by atoms with van der Waals surface area (Å²) < 4.78 is 0. The van der Waals surface area contributed by atoms with Gasteiger partial charge in [0.15, 0.2) is 0 Å². The predicted molar refractivity (Wildman–Crippen MR) is 79.0 cm³/mol. The van der Waals surface area contributed by atoms with Gasteiger partial charge in [-0.2, -0.15) is 0 Å². The summed E-state index contributed by atoms with van der Waals surface area (Å²) in [5.41, 5.74) is 3.56. The van der Waals surface area contributed by atoms with Crippen LogP contribution < -0.4 is 0 Å². The van der Waals surface area contributed by atoms with Gasteiger partial charge in [-0.25, -0.2) is 4.98 Å². The minimum Gasteiger partial charge on any atom is -0.241 e. The van der Waals surface area contributed by atoms with Crippen molar-refractivity contribution in [3.63, 3.8) is 0 Å². The average molecular weight is 251 g/mol. The molecule has 0 aliphatic heterocycles. The monoisotopic (exact) mass is 251 g/mol. The lowest BCUT2D eigenvalue weighted by atomic mass is 10.0. The van der Waals surface area contributed by atoms with Crippen molar-refractivity contribution in [1.29, 1.82) is 0 Å². The smallest absolute Gasteiger partial charge is 0.0971 e. The lowest BCUT2D eigenvalue weighted by Crippen LogP contribution is -1.87. The third-order valence-electron chi connectivity index (χ3n) is 2.99. The van der Waals surface area contributed by atoms with Gasteiger partial charge < -0.3 is 0 Å². The molecule has 0 aliphatic carbocycles. The molecule has 0 spiro atoms. The Balaban J connectivity index is 2.33. The largest absolute Gasteiger partial charge is 0.241 e. The Labute approximate surface area is 111 Å². The molecule has 0 radical (unpaired) electrons. The summed E-state index contributed by atoms with van der Waals surface area (Å²) in [5, 5.41) is 2.27. The Morgan fingerprint density at radius 2 is 1.61 bits per heavy atom. The van der Waals surface area contributed by atoms with Crippen molar-refractivity contribution >= 4 is 22.7 Å². The van der Waals surface area contributed by atoms with Gasteiger partial charge in [0, 0.05) is 5.39 Å². The SMILES string of the molecule is CSc1cc(-c2ccccc2)c2ccccc2n1. The van der Waals surface area contributed by atoms with Crippen LogP contribution in [0.4, 0.5) is 0 Å². The molecule has 1 aromatic heterocycles. The highest BCUT2D eigenvalue weighted by atomic mass is 32.2. The number of rotatable bonds is 2. The molecule has 18 heavy (non-hydrogen) atoms. The molecule has 3 rings (SSSR count). The fourth-order valence-corrected chi connectivity index (χ4v) is 2.54. The molecule has 88 valence electrons. The summed E-state index contributed by atoms with van der Waals surface area (Å²) in [4.78, 5) is 4.64. The first-order valence-electron chi connectivity index (χ1n) is 5.87. The number of para-hydroxylation sites is 1. The maximum absolute atomic E-state index is 4.64. The fourth-order valence-electron chi connectivity index (χ4n) is 2.11. The summed E-state index contributed by atoms with van der Waals surface area (Å²) in [6.07, 6.45) is 2.06. The fraction of sp³-hybridized carbons (Fsp3) is 0.0625. The molecule has 0 aliphatic rings. The summed E-state index contributed by atoms with van der Waals surface area (Å²) in [6.45, 7) is 0. The number of pyridine rings is 1. The van der Waals surface area contributed by atoms with E-state index in [0.29, 0.717) is 0 Å². The molecule has 0 fully saturated rings. The number of aromatic nitrogens is 1. The van der Waals surface area contributed by atoms with Gasteiger partial charge in [0.2, 0.25) is 0 Å². The van der Waals surface area contributed by atoms with Gasteiger partial charge in [-0.3, -0.25) is 0 Å². The van der Waals surface area contributed by atoms with E-state index in [1.54, 1.807) is 11.8 Å². The third kappa shape index (κ3) is 2.00. The number of hydrogen-bond acceptors (Lipinski definition) is 2. The Morgan fingerprint density at radius 1 is 0.889 bits per heavy atom. The number of fused-ring (bicyclic) bond motifs is 1. The van der Waals surface area contributed by atoms with Gasteiger partial charge in [-0.15, -0.1) is 11.8 Å². The highest BCUT2D eigenvalue weighted by molar-refractivity contribution is 7.98. The van der Waals surface area contributed by atoms with Crippen LogP contribution in [0.25, 0.3) is 22.0 Å². The first-order chi connectivity index (χ1) is 8.88. The molecule has 0 bridgehead atoms. The van der Waals surface area contributed by atoms with Crippen LogP contribution in [0.2, 0.25) is 0 Å². The molecule has 0 amide bonds. The second kappa shape index (κ2) is 4.83. The molecule has 1 nitrogen and oxygen atoms in total. The second-order valence-corrected chi connectivity index (χ2v) is 4.92. The molecule has 0 saturated carbocycles. The first kappa shape index (κ1) is 11.3. The van der Waals surface area contributed by atoms with Gasteiger partial charge in [-0.05, 0) is 29.5 Å². The molecule has 3 aromatic rings. The Kier molecular flexibility index (Phi) is 3.03. The van der Waals surface area contributed by atoms with Crippen molar-refractivity contribution in [3.05, 3.63) is 60.7 Å². The molecule has 0 saturated heterocycles. The summed E-state index contributed by atoms with van der Waals surface area (Å²) >= 11 is 1.68. The quantitative estimate of drug-likeness (QED) is 0.616. The van der Waals surface area contributed by atoms with Gasteiger partial charge in [0.05, 0.1) is 10.5 Å². The molecule has 1 heterocycles. The van der Waals surface area contributed by atoms with Crippen molar-refractivity contribution in [1.82, 2.24) is 4.98 Å². The van der Waals surface area contributed by atoms with Gasteiger partial charge >= 0.3 is 0 Å². The van der Waals surface area contributed by atoms with E-state index >= 15 is 0 Å². The zero-order chi connectivity index (χ0) is 12.4. The van der Waals surface area contributed by atoms with Crippen LogP contribution >= 0.6 is 11.8 Å². The van der Waals surface area contributed by atoms with E-state index in [0.717, 1.165) is 10.5 Å². The topological polar surface area (TPSA) is 12.9 Å². The minimum atomic E-state index is 1.06. The van der Waals surface area contributed by atoms with E-state index in [-0.39, 0.29) is 0 Å². The summed E-state index contributed by atoms with van der Waals surface area (Å²) in [7, 11) is 0. The average Bonchev–Trinajstić information content (AvgIpc) is 2.47. The third-order valence-corrected chi connectivity index (χ3v) is 3.61. The Hall–Kier alpha value is -1.80. The van der Waals surface area contributed by atoms with Gasteiger partial charge in [0.25, 0.3) is 0 Å². The zero-order valence-electron chi connectivity index (χ0n) is 10.1. The van der Waals surface area contributed by atoms with E-state index in [2.05, 4.69) is 59.8 Å². The molecular formula is C16H13NS. The number of benzene rings is 2. The van der Waals surface area contributed by atoms with Gasteiger partial charge in [0.1, 0.15) is 0 Å². The zero-order valence-corrected chi connectivity index (χ0v) is 10.9. The van der Waals surface area contributed by atoms with Crippen LogP contribution in [0.1, 0.15) is 0 Å². The second-order valence-electron chi connectivity index (χ2n) is 4.10. The van der Waals surface area contributed by atoms with E-state index in [9.17, 15) is 0 Å². The highest BCUT2D eigenvalue weighted by Gasteiger charge is 2.06. The first-order valence-corrected chi connectivity index (χ1v) is 7.10. The van der Waals surface area contributed by atoms with E-state index in [1.807, 2.05) is 12.1 Å². The maximum atomic E-state index is 4.64. The lowest BCUT2D eigenvalue weighted by Gasteiger charge is -2.08. The van der Waals surface area contributed by atoms with Crippen LogP contribution in [-0.4, -0.2) is 11.2 Å². The molecule has 0 atom stereocenters. The van der Waals surface area contributed by atoms with Crippen LogP contribution in [0.5, 0.6) is 0 Å². The van der Waals surface area contributed by atoms with Crippen LogP contribution in [0, 0.1) is 0 Å². The van der Waals surface area contributed by atoms with Crippen LogP contribution in [0.3, 0.4) is 0 Å². The summed E-state index contributed by atoms with van der Waals surface area (Å²) in [6, 6.07) is 21.0. The Bertz CT molecular complexity index is 677. The number of hydrogen-bond donors (Lipinski definition) is 0. The van der Waals surface area contributed by atoms with Gasteiger partial charge in [-0.1, -0.05) is 48.5 Å². The predicted octanol–water partition coefficient (Wildman–Crippen LogP) is 4.62. The molecule has 2 aromatic carbocycles. The normalized spacial score (nSPS) is 10.7. The van der Waals surface area contributed by atoms with Crippen molar-refractivity contribution in [2.75, 3.05) is 6.26 Å². The van der Waals surface area contributed by atoms with E-state index in [4.69, 9.17) is 0 Å². The number of nitrogens with zero attached hydrogens (tertiary/aromatic N) is 1. The summed E-state index contributed by atoms with van der Waals surface area (Å²) in [5.74, 6) is 0. The molecular weight excluding hydrogens is 238 g/mol. The lowest BCUT2D eigenvalue weighted by molar-refractivity contribution is 1.20. The van der Waals surface area contributed by atoms with Crippen molar-refractivity contribution < 1.29 is 0 Å². The Morgan fingerprint density at radius 3 is 2.39 bits per heavy atom. The standard InChI is InChI=1S/C16H13NS/c1-18-16-11-14(12-7-3-2-4-8-12)13-9-5-6-10-15(13)17-16/h2-11H,1H3. The van der Waals surface area contributed by atoms with E-state index in [1.165, 1.54) is 16.5 Å². The molecule has 0 unspecified atom stereocenters. The van der Waals surface area contributed by atoms with E-state index < -0.39 is 0 Å². The van der Waals surface area contributed by atoms with Crippen LogP contribution in [0.15, 0.2) is 65.7 Å². The highest BCUT2D eigenvalue weighted by Crippen LogP contribution is 2.30. The van der Waals surface area contributed by atoms with Crippen molar-refractivity contribution in [2.24, 2.45) is 0 Å². The van der Waals surface area contributed by atoms with Crippen molar-refractivity contribution in [2.45, 2.75) is 5.03 Å². The molecule has 0 N–H and O–H groups in total. The number of thioether (sulfide) groups is 1. The minimum absolute atomic E-state index is 1.06. The van der Waals surface area contributed by atoms with Crippen molar-refractivity contribution in [3.8, 4) is 11.1 Å². The van der Waals surface area contributed by atoms with Crippen LogP contribution in [-0.2, 0) is 0 Å². The maximum Gasteiger partial charge on any atom is 0.0971 e. The molecule has 2 heteroatoms.